The molecule has 116 valence electrons. The third-order valence-corrected chi connectivity index (χ3v) is 5.39. The van der Waals surface area contributed by atoms with Crippen molar-refractivity contribution in [3.05, 3.63) is 33.9 Å². The van der Waals surface area contributed by atoms with Crippen LogP contribution in [0.2, 0.25) is 5.02 Å². The summed E-state index contributed by atoms with van der Waals surface area (Å²) < 4.78 is 14.4. The minimum atomic E-state index is -0.439. The summed E-state index contributed by atoms with van der Waals surface area (Å²) in [7, 11) is 0. The minimum Gasteiger partial charge on any atom is -0.346 e. The fourth-order valence-electron chi connectivity index (χ4n) is 2.64. The van der Waals surface area contributed by atoms with E-state index in [9.17, 15) is 14.0 Å². The lowest BCUT2D eigenvalue weighted by molar-refractivity contribution is -0.127. The van der Waals surface area contributed by atoms with Crippen LogP contribution in [0.3, 0.4) is 0 Å². The molecular weight excluding hydrogens is 327 g/mol. The van der Waals surface area contributed by atoms with E-state index in [1.54, 1.807) is 17.0 Å². The number of benzene rings is 1. The minimum absolute atomic E-state index is 0.0290. The van der Waals surface area contributed by atoms with Crippen molar-refractivity contribution in [3.63, 3.8) is 0 Å². The number of amides is 2. The molecule has 3 rings (SSSR count). The molecule has 2 heterocycles. The first-order valence-corrected chi connectivity index (χ1v) is 8.15. The molecule has 1 saturated heterocycles. The Morgan fingerprint density at radius 1 is 1.55 bits per heavy atom. The molecule has 0 aliphatic carbocycles. The van der Waals surface area contributed by atoms with Crippen molar-refractivity contribution in [2.45, 2.75) is 19.4 Å². The standard InChI is InChI=1S/C15H14ClFN2O2S/c1-2-19-7-8(6-11(19)20)18-15(21)14-13(16)12-9(17)4-3-5-10(12)22-14/h3-5,8H,2,6-7H2,1H3,(H,18,21)/t8-/m0/s1. The van der Waals surface area contributed by atoms with Crippen LogP contribution in [0.15, 0.2) is 18.2 Å². The lowest BCUT2D eigenvalue weighted by atomic mass is 10.2. The molecular formula is C15H14ClFN2O2S. The average Bonchev–Trinajstić information content (AvgIpc) is 3.00. The number of likely N-dealkylation sites (N-methyl/N-ethyl adjacent to an activating group) is 1. The monoisotopic (exact) mass is 340 g/mol. The highest BCUT2D eigenvalue weighted by atomic mass is 35.5. The lowest BCUT2D eigenvalue weighted by Gasteiger charge is -2.14. The Bertz CT molecular complexity index is 761. The van der Waals surface area contributed by atoms with Gasteiger partial charge in [0.1, 0.15) is 10.7 Å². The second kappa shape index (κ2) is 5.85. The van der Waals surface area contributed by atoms with Crippen molar-refractivity contribution in [2.24, 2.45) is 0 Å². The van der Waals surface area contributed by atoms with Crippen LogP contribution < -0.4 is 5.32 Å². The number of likely N-dealkylation sites (tertiary alicyclic amines) is 1. The Kier molecular flexibility index (Phi) is 4.06. The number of nitrogens with one attached hydrogen (secondary N) is 1. The van der Waals surface area contributed by atoms with Crippen molar-refractivity contribution in [2.75, 3.05) is 13.1 Å². The summed E-state index contributed by atoms with van der Waals surface area (Å²) in [5.74, 6) is -0.770. The van der Waals surface area contributed by atoms with Crippen molar-refractivity contribution in [1.82, 2.24) is 10.2 Å². The van der Waals surface area contributed by atoms with Gasteiger partial charge in [0, 0.05) is 29.6 Å². The van der Waals surface area contributed by atoms with Gasteiger partial charge in [-0.25, -0.2) is 4.39 Å². The van der Waals surface area contributed by atoms with E-state index in [0.29, 0.717) is 17.8 Å². The topological polar surface area (TPSA) is 49.4 Å². The molecule has 1 aliphatic rings. The Balaban J connectivity index is 1.83. The Morgan fingerprint density at radius 3 is 2.95 bits per heavy atom. The molecule has 1 fully saturated rings. The van der Waals surface area contributed by atoms with E-state index in [1.807, 2.05) is 6.92 Å². The maximum absolute atomic E-state index is 13.8. The summed E-state index contributed by atoms with van der Waals surface area (Å²) in [6.45, 7) is 3.02. The molecule has 1 N–H and O–H groups in total. The number of carbonyl (C=O) groups excluding carboxylic acids is 2. The number of rotatable bonds is 3. The number of thiophene rings is 1. The molecule has 0 saturated carbocycles. The van der Waals surface area contributed by atoms with Gasteiger partial charge in [-0.05, 0) is 19.1 Å². The van der Waals surface area contributed by atoms with Crippen molar-refractivity contribution in [3.8, 4) is 0 Å². The SMILES string of the molecule is CCN1C[C@@H](NC(=O)c2sc3cccc(F)c3c2Cl)CC1=O. The number of fused-ring (bicyclic) bond motifs is 1. The van der Waals surface area contributed by atoms with Crippen molar-refractivity contribution in [1.29, 1.82) is 0 Å². The molecule has 1 atom stereocenters. The molecule has 22 heavy (non-hydrogen) atoms. The van der Waals surface area contributed by atoms with Crippen LogP contribution in [0.5, 0.6) is 0 Å². The van der Waals surface area contributed by atoms with Crippen LogP contribution in [-0.2, 0) is 4.79 Å². The normalized spacial score (nSPS) is 18.2. The van der Waals surface area contributed by atoms with Crippen molar-refractivity contribution < 1.29 is 14.0 Å². The van der Waals surface area contributed by atoms with Crippen LogP contribution >= 0.6 is 22.9 Å². The third-order valence-electron chi connectivity index (χ3n) is 3.74. The Morgan fingerprint density at radius 2 is 2.32 bits per heavy atom. The Hall–Kier alpha value is -1.66. The van der Waals surface area contributed by atoms with Gasteiger partial charge < -0.3 is 10.2 Å². The zero-order valence-electron chi connectivity index (χ0n) is 11.9. The van der Waals surface area contributed by atoms with Crippen LogP contribution in [0.1, 0.15) is 23.0 Å². The van der Waals surface area contributed by atoms with Crippen LogP contribution in [0, 0.1) is 5.82 Å². The summed E-state index contributed by atoms with van der Waals surface area (Å²) in [4.78, 5) is 26.0. The zero-order valence-corrected chi connectivity index (χ0v) is 13.4. The molecule has 0 spiro atoms. The van der Waals surface area contributed by atoms with E-state index in [-0.39, 0.29) is 39.6 Å². The molecule has 1 aromatic heterocycles. The summed E-state index contributed by atoms with van der Waals surface area (Å²) in [5.41, 5.74) is 0. The quantitative estimate of drug-likeness (QED) is 0.933. The molecule has 7 heteroatoms. The number of nitrogens with zero attached hydrogens (tertiary/aromatic N) is 1. The van der Waals surface area contributed by atoms with Gasteiger partial charge in [0.25, 0.3) is 5.91 Å². The first-order chi connectivity index (χ1) is 10.5. The predicted molar refractivity (Wildman–Crippen MR) is 84.9 cm³/mol. The third kappa shape index (κ3) is 2.57. The lowest BCUT2D eigenvalue weighted by Crippen LogP contribution is -2.36. The number of hydrogen-bond acceptors (Lipinski definition) is 3. The predicted octanol–water partition coefficient (Wildman–Crippen LogP) is 3.04. The molecule has 0 unspecified atom stereocenters. The fourth-order valence-corrected chi connectivity index (χ4v) is 4.10. The number of halogens is 2. The highest BCUT2D eigenvalue weighted by molar-refractivity contribution is 7.21. The van der Waals surface area contributed by atoms with E-state index >= 15 is 0 Å². The van der Waals surface area contributed by atoms with E-state index in [2.05, 4.69) is 5.32 Å². The van der Waals surface area contributed by atoms with Gasteiger partial charge in [-0.3, -0.25) is 9.59 Å². The van der Waals surface area contributed by atoms with E-state index < -0.39 is 5.82 Å². The molecule has 2 amide bonds. The van der Waals surface area contributed by atoms with Gasteiger partial charge in [-0.1, -0.05) is 17.7 Å². The van der Waals surface area contributed by atoms with Gasteiger partial charge >= 0.3 is 0 Å². The molecule has 0 bridgehead atoms. The first-order valence-electron chi connectivity index (χ1n) is 6.96. The molecule has 1 aliphatic heterocycles. The maximum Gasteiger partial charge on any atom is 0.263 e. The van der Waals surface area contributed by atoms with Crippen molar-refractivity contribution >= 4 is 44.8 Å². The highest BCUT2D eigenvalue weighted by Crippen LogP contribution is 2.36. The van der Waals surface area contributed by atoms with Gasteiger partial charge in [0.05, 0.1) is 11.1 Å². The smallest absolute Gasteiger partial charge is 0.263 e. The Labute approximate surface area is 135 Å². The highest BCUT2D eigenvalue weighted by Gasteiger charge is 2.30. The number of carbonyl (C=O) groups is 2. The van der Waals surface area contributed by atoms with Gasteiger partial charge in [0.2, 0.25) is 5.91 Å². The molecule has 0 radical (unpaired) electrons. The summed E-state index contributed by atoms with van der Waals surface area (Å²) in [5, 5.41) is 3.22. The second-order valence-electron chi connectivity index (χ2n) is 5.17. The second-order valence-corrected chi connectivity index (χ2v) is 6.60. The molecule has 1 aromatic carbocycles. The van der Waals surface area contributed by atoms with Crippen LogP contribution in [0.25, 0.3) is 10.1 Å². The van der Waals surface area contributed by atoms with Crippen LogP contribution in [-0.4, -0.2) is 35.8 Å². The van der Waals surface area contributed by atoms with E-state index in [0.717, 1.165) is 11.3 Å². The largest absolute Gasteiger partial charge is 0.346 e. The fraction of sp³-hybridized carbons (Fsp3) is 0.333. The van der Waals surface area contributed by atoms with Gasteiger partial charge in [0.15, 0.2) is 0 Å². The molecule has 4 nitrogen and oxygen atoms in total. The van der Waals surface area contributed by atoms with Crippen LogP contribution in [0.4, 0.5) is 4.39 Å². The van der Waals surface area contributed by atoms with Gasteiger partial charge in [-0.2, -0.15) is 0 Å². The first kappa shape index (κ1) is 15.2. The maximum atomic E-state index is 13.8. The van der Waals surface area contributed by atoms with Gasteiger partial charge in [-0.15, -0.1) is 11.3 Å². The summed E-state index contributed by atoms with van der Waals surface area (Å²) in [6, 6.07) is 4.40. The van der Waals surface area contributed by atoms with E-state index in [4.69, 9.17) is 11.6 Å². The molecule has 2 aromatic rings. The summed E-state index contributed by atoms with van der Waals surface area (Å²) in [6.07, 6.45) is 0.288. The average molecular weight is 341 g/mol. The van der Waals surface area contributed by atoms with E-state index in [1.165, 1.54) is 6.07 Å². The zero-order chi connectivity index (χ0) is 15.9. The summed E-state index contributed by atoms with van der Waals surface area (Å²) >= 11 is 7.31. The number of hydrogen-bond donors (Lipinski definition) is 1.